The van der Waals surface area contributed by atoms with E-state index >= 15 is 0 Å². The summed E-state index contributed by atoms with van der Waals surface area (Å²) < 4.78 is 39.0. The Hall–Kier alpha value is -1.03. The van der Waals surface area contributed by atoms with Gasteiger partial charge >= 0.3 is 6.18 Å². The standard InChI is InChI=1S/C14H18F3N/c1-18-13(10-6-2-3-7-10)11-8-4-5-9-12(11)14(15,16)17/h4-5,8-10,13,18H,2-3,6-7H2,1H3. The van der Waals surface area contributed by atoms with Crippen LogP contribution in [-0.4, -0.2) is 7.05 Å². The third-order valence-electron chi connectivity index (χ3n) is 3.78. The van der Waals surface area contributed by atoms with Gasteiger partial charge < -0.3 is 5.32 Å². The molecule has 1 N–H and O–H groups in total. The van der Waals surface area contributed by atoms with Crippen LogP contribution in [0.15, 0.2) is 24.3 Å². The van der Waals surface area contributed by atoms with Crippen LogP contribution in [0.25, 0.3) is 0 Å². The predicted molar refractivity (Wildman–Crippen MR) is 65.2 cm³/mol. The molecular weight excluding hydrogens is 239 g/mol. The topological polar surface area (TPSA) is 12.0 Å². The smallest absolute Gasteiger partial charge is 0.313 e. The van der Waals surface area contributed by atoms with Crippen molar-refractivity contribution in [3.63, 3.8) is 0 Å². The molecule has 1 aliphatic rings. The molecule has 1 atom stereocenters. The summed E-state index contributed by atoms with van der Waals surface area (Å²) in [7, 11) is 1.75. The van der Waals surface area contributed by atoms with Crippen LogP contribution < -0.4 is 5.32 Å². The first-order valence-electron chi connectivity index (χ1n) is 6.37. The van der Waals surface area contributed by atoms with Crippen LogP contribution in [0.3, 0.4) is 0 Å². The zero-order valence-corrected chi connectivity index (χ0v) is 10.4. The van der Waals surface area contributed by atoms with Crippen molar-refractivity contribution >= 4 is 0 Å². The maximum Gasteiger partial charge on any atom is 0.416 e. The van der Waals surface area contributed by atoms with Crippen molar-refractivity contribution in [3.8, 4) is 0 Å². The van der Waals surface area contributed by atoms with Crippen molar-refractivity contribution in [2.24, 2.45) is 5.92 Å². The van der Waals surface area contributed by atoms with E-state index in [4.69, 9.17) is 0 Å². The molecule has 18 heavy (non-hydrogen) atoms. The molecule has 0 heterocycles. The van der Waals surface area contributed by atoms with Crippen LogP contribution in [0.4, 0.5) is 13.2 Å². The monoisotopic (exact) mass is 257 g/mol. The predicted octanol–water partition coefficient (Wildman–Crippen LogP) is 4.16. The lowest BCUT2D eigenvalue weighted by molar-refractivity contribution is -0.138. The maximum atomic E-state index is 13.0. The van der Waals surface area contributed by atoms with Crippen molar-refractivity contribution in [2.45, 2.75) is 37.9 Å². The average Bonchev–Trinajstić information content (AvgIpc) is 2.83. The summed E-state index contributed by atoms with van der Waals surface area (Å²) in [6.45, 7) is 0. The van der Waals surface area contributed by atoms with Crippen molar-refractivity contribution in [1.29, 1.82) is 0 Å². The van der Waals surface area contributed by atoms with Gasteiger partial charge in [-0.3, -0.25) is 0 Å². The van der Waals surface area contributed by atoms with Crippen molar-refractivity contribution < 1.29 is 13.2 Å². The number of alkyl halides is 3. The van der Waals surface area contributed by atoms with E-state index in [0.717, 1.165) is 25.7 Å². The summed E-state index contributed by atoms with van der Waals surface area (Å²) in [5.74, 6) is 0.318. The third-order valence-corrected chi connectivity index (χ3v) is 3.78. The highest BCUT2D eigenvalue weighted by atomic mass is 19.4. The first-order chi connectivity index (χ1) is 8.54. The normalized spacial score (nSPS) is 19.1. The number of benzene rings is 1. The summed E-state index contributed by atoms with van der Waals surface area (Å²) in [6.07, 6.45) is -0.00619. The van der Waals surface area contributed by atoms with E-state index in [1.165, 1.54) is 12.1 Å². The Bertz CT molecular complexity index is 394. The van der Waals surface area contributed by atoms with Gasteiger partial charge in [-0.15, -0.1) is 0 Å². The lowest BCUT2D eigenvalue weighted by Gasteiger charge is -2.26. The van der Waals surface area contributed by atoms with Crippen LogP contribution >= 0.6 is 0 Å². The minimum absolute atomic E-state index is 0.190. The van der Waals surface area contributed by atoms with Crippen LogP contribution in [0.2, 0.25) is 0 Å². The second-order valence-corrected chi connectivity index (χ2v) is 4.90. The number of hydrogen-bond donors (Lipinski definition) is 1. The van der Waals surface area contributed by atoms with Crippen LogP contribution in [-0.2, 0) is 6.18 Å². The summed E-state index contributed by atoms with van der Waals surface area (Å²) in [5, 5.41) is 3.07. The van der Waals surface area contributed by atoms with Crippen molar-refractivity contribution in [2.75, 3.05) is 7.05 Å². The number of halogens is 3. The highest BCUT2D eigenvalue weighted by Gasteiger charge is 2.36. The van der Waals surface area contributed by atoms with Crippen LogP contribution in [0.5, 0.6) is 0 Å². The van der Waals surface area contributed by atoms with Gasteiger partial charge in [0.2, 0.25) is 0 Å². The average molecular weight is 257 g/mol. The van der Waals surface area contributed by atoms with E-state index in [1.807, 2.05) is 0 Å². The summed E-state index contributed by atoms with van der Waals surface area (Å²) in [6, 6.07) is 5.72. The summed E-state index contributed by atoms with van der Waals surface area (Å²) >= 11 is 0. The van der Waals surface area contributed by atoms with Crippen LogP contribution in [0.1, 0.15) is 42.9 Å². The Morgan fingerprint density at radius 2 is 1.78 bits per heavy atom. The fraction of sp³-hybridized carbons (Fsp3) is 0.571. The molecule has 0 radical (unpaired) electrons. The van der Waals surface area contributed by atoms with E-state index in [9.17, 15) is 13.2 Å². The first kappa shape index (κ1) is 13.4. The molecule has 1 saturated carbocycles. The summed E-state index contributed by atoms with van der Waals surface area (Å²) in [5.41, 5.74) is -0.115. The Labute approximate surface area is 105 Å². The lowest BCUT2D eigenvalue weighted by atomic mass is 9.88. The molecule has 0 aliphatic heterocycles. The van der Waals surface area contributed by atoms with E-state index in [-0.39, 0.29) is 6.04 Å². The van der Waals surface area contributed by atoms with Gasteiger partial charge in [-0.2, -0.15) is 13.2 Å². The molecule has 0 spiro atoms. The molecule has 1 aliphatic carbocycles. The number of nitrogens with one attached hydrogen (secondary N) is 1. The van der Waals surface area contributed by atoms with Gasteiger partial charge in [0, 0.05) is 6.04 Å². The Morgan fingerprint density at radius 3 is 2.33 bits per heavy atom. The second-order valence-electron chi connectivity index (χ2n) is 4.90. The van der Waals surface area contributed by atoms with Gasteiger partial charge in [-0.05, 0) is 37.4 Å². The molecule has 1 aromatic rings. The van der Waals surface area contributed by atoms with E-state index in [1.54, 1.807) is 19.2 Å². The van der Waals surface area contributed by atoms with Gasteiger partial charge in [0.25, 0.3) is 0 Å². The van der Waals surface area contributed by atoms with Gasteiger partial charge in [0.05, 0.1) is 5.56 Å². The number of hydrogen-bond acceptors (Lipinski definition) is 1. The molecule has 2 rings (SSSR count). The molecule has 1 nitrogen and oxygen atoms in total. The molecular formula is C14H18F3N. The molecule has 1 unspecified atom stereocenters. The molecule has 0 aromatic heterocycles. The molecule has 4 heteroatoms. The zero-order chi connectivity index (χ0) is 13.2. The minimum Gasteiger partial charge on any atom is -0.313 e. The Morgan fingerprint density at radius 1 is 1.17 bits per heavy atom. The SMILES string of the molecule is CNC(c1ccccc1C(F)(F)F)C1CCCC1. The molecule has 0 amide bonds. The van der Waals surface area contributed by atoms with Gasteiger partial charge in [-0.25, -0.2) is 0 Å². The molecule has 1 fully saturated rings. The highest BCUT2D eigenvalue weighted by Crippen LogP contribution is 2.40. The quantitative estimate of drug-likeness (QED) is 0.857. The van der Waals surface area contributed by atoms with Crippen molar-refractivity contribution in [1.82, 2.24) is 5.32 Å². The van der Waals surface area contributed by atoms with Gasteiger partial charge in [0.1, 0.15) is 0 Å². The van der Waals surface area contributed by atoms with Crippen LogP contribution in [0, 0.1) is 5.92 Å². The number of rotatable bonds is 3. The maximum absolute atomic E-state index is 13.0. The third kappa shape index (κ3) is 2.69. The summed E-state index contributed by atoms with van der Waals surface area (Å²) in [4.78, 5) is 0. The molecule has 1 aromatic carbocycles. The molecule has 100 valence electrons. The zero-order valence-electron chi connectivity index (χ0n) is 10.4. The van der Waals surface area contributed by atoms with Gasteiger partial charge in [0.15, 0.2) is 0 Å². The second kappa shape index (κ2) is 5.31. The first-order valence-corrected chi connectivity index (χ1v) is 6.37. The van der Waals surface area contributed by atoms with Crippen molar-refractivity contribution in [3.05, 3.63) is 35.4 Å². The van der Waals surface area contributed by atoms with Gasteiger partial charge in [-0.1, -0.05) is 31.0 Å². The fourth-order valence-corrected chi connectivity index (χ4v) is 2.96. The Kier molecular flexibility index (Phi) is 3.95. The fourth-order valence-electron chi connectivity index (χ4n) is 2.96. The lowest BCUT2D eigenvalue weighted by Crippen LogP contribution is -2.26. The molecule has 0 saturated heterocycles. The van der Waals surface area contributed by atoms with E-state index < -0.39 is 11.7 Å². The minimum atomic E-state index is -4.27. The van der Waals surface area contributed by atoms with E-state index in [2.05, 4.69) is 5.32 Å². The van der Waals surface area contributed by atoms with E-state index in [0.29, 0.717) is 11.5 Å². The molecule has 0 bridgehead atoms. The Balaban J connectivity index is 2.35. The largest absolute Gasteiger partial charge is 0.416 e. The highest BCUT2D eigenvalue weighted by molar-refractivity contribution is 5.33.